The van der Waals surface area contributed by atoms with Crippen molar-refractivity contribution in [2.45, 2.75) is 37.2 Å². The molecule has 2 fully saturated rings. The Labute approximate surface area is 157 Å². The second-order valence-electron chi connectivity index (χ2n) is 8.10. The van der Waals surface area contributed by atoms with Gasteiger partial charge in [0.05, 0.1) is 12.7 Å². The molecule has 0 aromatic heterocycles. The van der Waals surface area contributed by atoms with Crippen LogP contribution < -0.4 is 4.74 Å². The number of hydrogen-bond acceptors (Lipinski definition) is 5. The molecule has 26 heavy (non-hydrogen) atoms. The van der Waals surface area contributed by atoms with Gasteiger partial charge in [0.2, 0.25) is 0 Å². The maximum Gasteiger partial charge on any atom is 0.119 e. The first kappa shape index (κ1) is 19.6. The molecule has 5 nitrogen and oxygen atoms in total. The normalized spacial score (nSPS) is 23.5. The van der Waals surface area contributed by atoms with E-state index < -0.39 is 0 Å². The third-order valence-electron chi connectivity index (χ3n) is 5.67. The molecular weight excluding hydrogens is 328 g/mol. The van der Waals surface area contributed by atoms with Gasteiger partial charge in [-0.1, -0.05) is 12.1 Å². The Hall–Kier alpha value is -1.14. The van der Waals surface area contributed by atoms with E-state index in [2.05, 4.69) is 48.2 Å². The standard InChI is InChI=1S/C21H34N2O3/c1-22(2)17-21(9-14-25-15-10-21)18-4-6-20(7-5-18)26-13-3-11-23-12-8-19(24)16-23/h4-7,19,24H,3,8-17H2,1-2H3. The van der Waals surface area contributed by atoms with Gasteiger partial charge >= 0.3 is 0 Å². The van der Waals surface area contributed by atoms with Gasteiger partial charge in [0, 0.05) is 44.8 Å². The summed E-state index contributed by atoms with van der Waals surface area (Å²) in [5.41, 5.74) is 1.59. The quantitative estimate of drug-likeness (QED) is 0.718. The van der Waals surface area contributed by atoms with E-state index in [1.165, 1.54) is 5.56 Å². The molecule has 0 saturated carbocycles. The molecular formula is C21H34N2O3. The average molecular weight is 363 g/mol. The fourth-order valence-electron chi connectivity index (χ4n) is 4.30. The molecule has 0 spiro atoms. The van der Waals surface area contributed by atoms with Crippen molar-refractivity contribution in [1.82, 2.24) is 9.80 Å². The molecule has 2 aliphatic rings. The summed E-state index contributed by atoms with van der Waals surface area (Å²) >= 11 is 0. The van der Waals surface area contributed by atoms with Crippen molar-refractivity contribution in [2.75, 3.05) is 60.1 Å². The van der Waals surface area contributed by atoms with Crippen molar-refractivity contribution >= 4 is 0 Å². The number of ether oxygens (including phenoxy) is 2. The maximum absolute atomic E-state index is 9.56. The van der Waals surface area contributed by atoms with Crippen LogP contribution in [0.1, 0.15) is 31.2 Å². The van der Waals surface area contributed by atoms with Crippen LogP contribution in [0.15, 0.2) is 24.3 Å². The monoisotopic (exact) mass is 362 g/mol. The van der Waals surface area contributed by atoms with E-state index >= 15 is 0 Å². The molecule has 1 unspecified atom stereocenters. The summed E-state index contributed by atoms with van der Waals surface area (Å²) in [6.45, 7) is 6.29. The number of nitrogens with zero attached hydrogens (tertiary/aromatic N) is 2. The molecule has 2 heterocycles. The Morgan fingerprint density at radius 2 is 1.96 bits per heavy atom. The van der Waals surface area contributed by atoms with Gasteiger partial charge in [-0.15, -0.1) is 0 Å². The van der Waals surface area contributed by atoms with E-state index in [1.54, 1.807) is 0 Å². The van der Waals surface area contributed by atoms with Crippen molar-refractivity contribution in [1.29, 1.82) is 0 Å². The number of β-amino-alcohol motifs (C(OH)–C–C–N with tert-alkyl or cyclic N) is 1. The number of hydrogen-bond donors (Lipinski definition) is 1. The molecule has 146 valence electrons. The lowest BCUT2D eigenvalue weighted by Crippen LogP contribution is -2.42. The van der Waals surface area contributed by atoms with Gasteiger partial charge in [-0.25, -0.2) is 0 Å². The Morgan fingerprint density at radius 3 is 2.58 bits per heavy atom. The van der Waals surface area contributed by atoms with E-state index in [-0.39, 0.29) is 11.5 Å². The van der Waals surface area contributed by atoms with Gasteiger partial charge in [0.15, 0.2) is 0 Å². The van der Waals surface area contributed by atoms with Gasteiger partial charge in [0.1, 0.15) is 5.75 Å². The summed E-state index contributed by atoms with van der Waals surface area (Å²) in [6, 6.07) is 8.70. The zero-order valence-electron chi connectivity index (χ0n) is 16.3. The molecule has 0 amide bonds. The van der Waals surface area contributed by atoms with Gasteiger partial charge < -0.3 is 24.4 Å². The number of aliphatic hydroxyl groups is 1. The predicted molar refractivity (Wildman–Crippen MR) is 104 cm³/mol. The smallest absolute Gasteiger partial charge is 0.119 e. The van der Waals surface area contributed by atoms with Gasteiger partial charge in [-0.3, -0.25) is 0 Å². The second-order valence-corrected chi connectivity index (χ2v) is 8.10. The fraction of sp³-hybridized carbons (Fsp3) is 0.714. The summed E-state index contributed by atoms with van der Waals surface area (Å²) in [5, 5.41) is 9.56. The molecule has 1 atom stereocenters. The SMILES string of the molecule is CN(C)CC1(c2ccc(OCCCN3CCC(O)C3)cc2)CCOCC1. The molecule has 1 aromatic carbocycles. The highest BCUT2D eigenvalue weighted by molar-refractivity contribution is 5.33. The van der Waals surface area contributed by atoms with Gasteiger partial charge in [-0.2, -0.15) is 0 Å². The first-order valence-corrected chi connectivity index (χ1v) is 9.94. The van der Waals surface area contributed by atoms with E-state index in [0.29, 0.717) is 0 Å². The molecule has 1 aromatic rings. The van der Waals surface area contributed by atoms with Gasteiger partial charge in [-0.05, 0) is 57.5 Å². The number of aliphatic hydroxyl groups excluding tert-OH is 1. The highest BCUT2D eigenvalue weighted by atomic mass is 16.5. The van der Waals surface area contributed by atoms with Crippen molar-refractivity contribution in [3.8, 4) is 5.75 Å². The van der Waals surface area contributed by atoms with Crippen LogP contribution in [0.5, 0.6) is 5.75 Å². The predicted octanol–water partition coefficient (Wildman–Crippen LogP) is 2.13. The lowest BCUT2D eigenvalue weighted by atomic mass is 9.74. The molecule has 0 aliphatic carbocycles. The van der Waals surface area contributed by atoms with Crippen molar-refractivity contribution in [3.05, 3.63) is 29.8 Å². The number of likely N-dealkylation sites (tertiary alicyclic amines) is 1. The minimum Gasteiger partial charge on any atom is -0.494 e. The first-order valence-electron chi connectivity index (χ1n) is 9.94. The van der Waals surface area contributed by atoms with Crippen LogP contribution in [0.25, 0.3) is 0 Å². The van der Waals surface area contributed by atoms with E-state index in [1.807, 2.05) is 0 Å². The van der Waals surface area contributed by atoms with Crippen molar-refractivity contribution in [2.24, 2.45) is 0 Å². The van der Waals surface area contributed by atoms with Crippen LogP contribution in [0.2, 0.25) is 0 Å². The third kappa shape index (κ3) is 5.19. The molecule has 2 saturated heterocycles. The summed E-state index contributed by atoms with van der Waals surface area (Å²) in [7, 11) is 4.29. The summed E-state index contributed by atoms with van der Waals surface area (Å²) in [5.74, 6) is 0.947. The molecule has 2 aliphatic heterocycles. The Kier molecular flexibility index (Phi) is 6.92. The molecule has 1 N–H and O–H groups in total. The van der Waals surface area contributed by atoms with Gasteiger partial charge in [0.25, 0.3) is 0 Å². The third-order valence-corrected chi connectivity index (χ3v) is 5.67. The minimum absolute atomic E-state index is 0.136. The second kappa shape index (κ2) is 9.18. The molecule has 0 bridgehead atoms. The lowest BCUT2D eigenvalue weighted by molar-refractivity contribution is 0.0401. The molecule has 3 rings (SSSR count). The van der Waals surface area contributed by atoms with Crippen LogP contribution in [0, 0.1) is 0 Å². The largest absolute Gasteiger partial charge is 0.494 e. The zero-order valence-corrected chi connectivity index (χ0v) is 16.3. The Bertz CT molecular complexity index is 541. The lowest BCUT2D eigenvalue weighted by Gasteiger charge is -2.39. The van der Waals surface area contributed by atoms with E-state index in [4.69, 9.17) is 9.47 Å². The van der Waals surface area contributed by atoms with Crippen molar-refractivity contribution in [3.63, 3.8) is 0 Å². The summed E-state index contributed by atoms with van der Waals surface area (Å²) in [6.07, 6.45) is 3.92. The minimum atomic E-state index is -0.136. The summed E-state index contributed by atoms with van der Waals surface area (Å²) < 4.78 is 11.5. The highest BCUT2D eigenvalue weighted by Gasteiger charge is 2.34. The Balaban J connectivity index is 1.50. The van der Waals surface area contributed by atoms with Crippen molar-refractivity contribution < 1.29 is 14.6 Å². The van der Waals surface area contributed by atoms with Crippen LogP contribution >= 0.6 is 0 Å². The van der Waals surface area contributed by atoms with Crippen LogP contribution in [-0.2, 0) is 10.2 Å². The van der Waals surface area contributed by atoms with Crippen LogP contribution in [0.4, 0.5) is 0 Å². The van der Waals surface area contributed by atoms with Crippen LogP contribution in [-0.4, -0.2) is 81.1 Å². The summed E-state index contributed by atoms with van der Waals surface area (Å²) in [4.78, 5) is 4.60. The molecule has 0 radical (unpaired) electrons. The zero-order chi connectivity index (χ0) is 18.4. The highest BCUT2D eigenvalue weighted by Crippen LogP contribution is 2.36. The number of rotatable bonds is 8. The van der Waals surface area contributed by atoms with E-state index in [0.717, 1.165) is 77.4 Å². The van der Waals surface area contributed by atoms with Crippen LogP contribution in [0.3, 0.4) is 0 Å². The molecule has 5 heteroatoms. The topological polar surface area (TPSA) is 45.2 Å². The Morgan fingerprint density at radius 1 is 1.23 bits per heavy atom. The maximum atomic E-state index is 9.56. The first-order chi connectivity index (χ1) is 12.6. The number of likely N-dealkylation sites (N-methyl/N-ethyl adjacent to an activating group) is 1. The van der Waals surface area contributed by atoms with E-state index in [9.17, 15) is 5.11 Å². The average Bonchev–Trinajstić information content (AvgIpc) is 3.05. The number of benzene rings is 1. The fourth-order valence-corrected chi connectivity index (χ4v) is 4.30.